The first-order valence-electron chi connectivity index (χ1n) is 11.2. The van der Waals surface area contributed by atoms with E-state index in [0.29, 0.717) is 10.6 Å². The monoisotopic (exact) mass is 581 g/mol. The van der Waals surface area contributed by atoms with Crippen molar-refractivity contribution >= 4 is 62.3 Å². The van der Waals surface area contributed by atoms with Crippen LogP contribution in [0.2, 0.25) is 15.1 Å². The highest BCUT2D eigenvalue weighted by Gasteiger charge is 2.32. The maximum Gasteiger partial charge on any atom is 0.264 e. The molecule has 0 bridgehead atoms. The van der Waals surface area contributed by atoms with Crippen molar-refractivity contribution in [2.24, 2.45) is 0 Å². The summed E-state index contributed by atoms with van der Waals surface area (Å²) in [6.07, 6.45) is 0. The van der Waals surface area contributed by atoms with E-state index in [4.69, 9.17) is 34.8 Å². The number of aryl methyl sites for hydroxylation is 1. The number of hydrogen-bond acceptors (Lipinski definition) is 4. The van der Waals surface area contributed by atoms with Gasteiger partial charge in [0.25, 0.3) is 10.0 Å². The minimum atomic E-state index is -4.21. The van der Waals surface area contributed by atoms with Crippen molar-refractivity contribution in [1.82, 2.24) is 10.2 Å². The summed E-state index contributed by atoms with van der Waals surface area (Å²) < 4.78 is 28.5. The molecule has 0 radical (unpaired) electrons. The SMILES string of the molecule is CNC(=O)[C@@H](C)N(Cc1ccc(Cl)cc1)C(=O)CN(c1cc(Cl)cc(Cl)c1)S(=O)(=O)c1ccc(C)cc1. The number of likely N-dealkylation sites (N-methyl/N-ethyl adjacent to an activating group) is 1. The molecule has 0 aliphatic rings. The number of amides is 2. The molecule has 0 aliphatic carbocycles. The minimum absolute atomic E-state index is 0.00870. The Hall–Kier alpha value is -2.78. The molecule has 0 aliphatic heterocycles. The summed E-state index contributed by atoms with van der Waals surface area (Å²) >= 11 is 18.3. The Bertz CT molecular complexity index is 1360. The fraction of sp³-hybridized carbons (Fsp3) is 0.231. The molecule has 0 unspecified atom stereocenters. The molecule has 0 saturated carbocycles. The summed E-state index contributed by atoms with van der Waals surface area (Å²) in [5.74, 6) is -1.00. The molecular weight excluding hydrogens is 557 g/mol. The van der Waals surface area contributed by atoms with Crippen LogP contribution in [0.25, 0.3) is 0 Å². The number of nitrogens with one attached hydrogen (secondary N) is 1. The van der Waals surface area contributed by atoms with E-state index < -0.39 is 34.4 Å². The molecule has 3 aromatic carbocycles. The van der Waals surface area contributed by atoms with Crippen LogP contribution in [0.1, 0.15) is 18.1 Å². The Kier molecular flexibility index (Phi) is 9.47. The lowest BCUT2D eigenvalue weighted by molar-refractivity contribution is -0.139. The van der Waals surface area contributed by atoms with Crippen LogP contribution in [0.15, 0.2) is 71.6 Å². The predicted molar refractivity (Wildman–Crippen MR) is 148 cm³/mol. The Labute approximate surface area is 232 Å². The molecule has 2 amide bonds. The highest BCUT2D eigenvalue weighted by Crippen LogP contribution is 2.30. The van der Waals surface area contributed by atoms with E-state index in [9.17, 15) is 18.0 Å². The second-order valence-corrected chi connectivity index (χ2v) is 11.6. The third kappa shape index (κ3) is 7.17. The minimum Gasteiger partial charge on any atom is -0.357 e. The van der Waals surface area contributed by atoms with Gasteiger partial charge in [0, 0.05) is 28.7 Å². The fourth-order valence-corrected chi connectivity index (χ4v) is 5.67. The van der Waals surface area contributed by atoms with Gasteiger partial charge < -0.3 is 10.2 Å². The van der Waals surface area contributed by atoms with Gasteiger partial charge in [-0.15, -0.1) is 0 Å². The van der Waals surface area contributed by atoms with Gasteiger partial charge in [0.15, 0.2) is 0 Å². The first-order valence-corrected chi connectivity index (χ1v) is 13.8. The van der Waals surface area contributed by atoms with Gasteiger partial charge in [0.2, 0.25) is 11.8 Å². The van der Waals surface area contributed by atoms with Crippen LogP contribution in [0.4, 0.5) is 5.69 Å². The molecule has 0 spiro atoms. The van der Waals surface area contributed by atoms with Crippen molar-refractivity contribution in [2.75, 3.05) is 17.9 Å². The number of anilines is 1. The van der Waals surface area contributed by atoms with Crippen LogP contribution < -0.4 is 9.62 Å². The lowest BCUT2D eigenvalue weighted by atomic mass is 10.1. The smallest absolute Gasteiger partial charge is 0.264 e. The Morgan fingerprint density at radius 2 is 1.46 bits per heavy atom. The standard InChI is InChI=1S/C26H26Cl3N3O4S/c1-17-4-10-24(11-5-17)37(35,36)32(23-13-21(28)12-22(29)14-23)16-25(33)31(18(2)26(34)30-3)15-19-6-8-20(27)9-7-19/h4-14,18H,15-16H2,1-3H3,(H,30,34)/t18-/m1/s1. The van der Waals surface area contributed by atoms with E-state index in [-0.39, 0.29) is 27.2 Å². The maximum absolute atomic E-state index is 13.8. The molecule has 11 heteroatoms. The van der Waals surface area contributed by atoms with Gasteiger partial charge in [-0.1, -0.05) is 64.6 Å². The number of carbonyl (C=O) groups is 2. The molecule has 1 N–H and O–H groups in total. The lowest BCUT2D eigenvalue weighted by Crippen LogP contribution is -2.50. The van der Waals surface area contributed by atoms with Gasteiger partial charge in [-0.3, -0.25) is 13.9 Å². The average molecular weight is 583 g/mol. The van der Waals surface area contributed by atoms with Crippen molar-refractivity contribution in [2.45, 2.75) is 31.3 Å². The van der Waals surface area contributed by atoms with E-state index in [1.54, 1.807) is 43.3 Å². The van der Waals surface area contributed by atoms with E-state index in [0.717, 1.165) is 9.87 Å². The van der Waals surface area contributed by atoms with Crippen molar-refractivity contribution < 1.29 is 18.0 Å². The van der Waals surface area contributed by atoms with Crippen molar-refractivity contribution in [3.63, 3.8) is 0 Å². The van der Waals surface area contributed by atoms with E-state index in [1.807, 2.05) is 6.92 Å². The number of benzene rings is 3. The number of hydrogen-bond donors (Lipinski definition) is 1. The molecule has 3 rings (SSSR count). The van der Waals surface area contributed by atoms with E-state index >= 15 is 0 Å². The number of rotatable bonds is 9. The molecule has 0 heterocycles. The molecule has 3 aromatic rings. The van der Waals surface area contributed by atoms with Crippen LogP contribution in [-0.4, -0.2) is 44.8 Å². The van der Waals surface area contributed by atoms with Gasteiger partial charge in [0.05, 0.1) is 10.6 Å². The zero-order valence-electron chi connectivity index (χ0n) is 20.4. The van der Waals surface area contributed by atoms with Gasteiger partial charge in [-0.25, -0.2) is 8.42 Å². The normalized spacial score (nSPS) is 12.1. The molecule has 0 fully saturated rings. The van der Waals surface area contributed by atoms with Gasteiger partial charge in [0.1, 0.15) is 12.6 Å². The topological polar surface area (TPSA) is 86.8 Å². The fourth-order valence-electron chi connectivity index (χ4n) is 3.63. The summed E-state index contributed by atoms with van der Waals surface area (Å²) in [7, 11) is -2.75. The highest BCUT2D eigenvalue weighted by molar-refractivity contribution is 7.92. The predicted octanol–water partition coefficient (Wildman–Crippen LogP) is 5.31. The highest BCUT2D eigenvalue weighted by atomic mass is 35.5. The number of nitrogens with zero attached hydrogens (tertiary/aromatic N) is 2. The summed E-state index contributed by atoms with van der Waals surface area (Å²) in [5, 5.41) is 3.47. The first-order chi connectivity index (χ1) is 17.4. The number of halogens is 3. The molecule has 1 atom stereocenters. The summed E-state index contributed by atoms with van der Waals surface area (Å²) in [4.78, 5) is 27.5. The number of sulfonamides is 1. The molecule has 0 saturated heterocycles. The first kappa shape index (κ1) is 28.8. The summed E-state index contributed by atoms with van der Waals surface area (Å²) in [6.45, 7) is 2.87. The van der Waals surface area contributed by atoms with Crippen LogP contribution >= 0.6 is 34.8 Å². The molecular formula is C26H26Cl3N3O4S. The Morgan fingerprint density at radius 1 is 0.892 bits per heavy atom. The summed E-state index contributed by atoms with van der Waals surface area (Å²) in [5.41, 5.74) is 1.71. The van der Waals surface area contributed by atoms with Crippen LogP contribution in [0, 0.1) is 6.92 Å². The number of carbonyl (C=O) groups excluding carboxylic acids is 2. The van der Waals surface area contributed by atoms with Gasteiger partial charge in [-0.05, 0) is 61.9 Å². The third-order valence-corrected chi connectivity index (χ3v) is 8.18. The Balaban J connectivity index is 2.06. The van der Waals surface area contributed by atoms with Crippen molar-refractivity contribution in [1.29, 1.82) is 0 Å². The summed E-state index contributed by atoms with van der Waals surface area (Å²) in [6, 6.07) is 16.5. The van der Waals surface area contributed by atoms with Crippen molar-refractivity contribution in [3.8, 4) is 0 Å². The zero-order valence-corrected chi connectivity index (χ0v) is 23.5. The molecule has 7 nitrogen and oxygen atoms in total. The largest absolute Gasteiger partial charge is 0.357 e. The maximum atomic E-state index is 13.8. The second kappa shape index (κ2) is 12.2. The van der Waals surface area contributed by atoms with Crippen LogP contribution in [0.5, 0.6) is 0 Å². The zero-order chi connectivity index (χ0) is 27.3. The van der Waals surface area contributed by atoms with E-state index in [2.05, 4.69) is 5.32 Å². The quantitative estimate of drug-likeness (QED) is 0.370. The Morgan fingerprint density at radius 3 is 2.00 bits per heavy atom. The average Bonchev–Trinajstić information content (AvgIpc) is 2.85. The second-order valence-electron chi connectivity index (χ2n) is 8.39. The molecule has 196 valence electrons. The van der Waals surface area contributed by atoms with Crippen LogP contribution in [0.3, 0.4) is 0 Å². The van der Waals surface area contributed by atoms with E-state index in [1.165, 1.54) is 42.3 Å². The molecule has 37 heavy (non-hydrogen) atoms. The lowest BCUT2D eigenvalue weighted by Gasteiger charge is -2.32. The van der Waals surface area contributed by atoms with Crippen LogP contribution in [-0.2, 0) is 26.2 Å². The van der Waals surface area contributed by atoms with Crippen molar-refractivity contribution in [3.05, 3.63) is 92.9 Å². The third-order valence-electron chi connectivity index (χ3n) is 5.70. The molecule has 0 aromatic heterocycles. The van der Waals surface area contributed by atoms with Gasteiger partial charge >= 0.3 is 0 Å². The van der Waals surface area contributed by atoms with Gasteiger partial charge in [-0.2, -0.15) is 0 Å².